The molecule has 0 bridgehead atoms. The zero-order valence-electron chi connectivity index (χ0n) is 15.0. The van der Waals surface area contributed by atoms with Crippen LogP contribution in [0.5, 0.6) is 0 Å². The third-order valence-electron chi connectivity index (χ3n) is 7.11. The summed E-state index contributed by atoms with van der Waals surface area (Å²) in [6.07, 6.45) is 10.5. The highest BCUT2D eigenvalue weighted by molar-refractivity contribution is 5.23. The SMILES string of the molecule is CC1CCC2(C)C(CO)=CCCC2C1(C)CCC(=CCO)CO. The summed E-state index contributed by atoms with van der Waals surface area (Å²) in [5.41, 5.74) is 2.52. The van der Waals surface area contributed by atoms with Crippen molar-refractivity contribution in [3.63, 3.8) is 0 Å². The second-order valence-electron chi connectivity index (χ2n) is 8.08. The molecule has 0 aromatic heterocycles. The second-order valence-corrected chi connectivity index (χ2v) is 8.08. The zero-order chi connectivity index (χ0) is 17.1. The minimum atomic E-state index is 0.000698. The fourth-order valence-corrected chi connectivity index (χ4v) is 5.25. The maximum Gasteiger partial charge on any atom is 0.0647 e. The normalized spacial score (nSPS) is 38.2. The van der Waals surface area contributed by atoms with E-state index in [4.69, 9.17) is 5.11 Å². The lowest BCUT2D eigenvalue weighted by Crippen LogP contribution is -2.50. The number of rotatable bonds is 6. The van der Waals surface area contributed by atoms with Crippen molar-refractivity contribution < 1.29 is 15.3 Å². The van der Waals surface area contributed by atoms with Gasteiger partial charge in [-0.15, -0.1) is 0 Å². The van der Waals surface area contributed by atoms with Crippen molar-refractivity contribution in [1.82, 2.24) is 0 Å². The molecule has 3 heteroatoms. The average molecular weight is 322 g/mol. The highest BCUT2D eigenvalue weighted by Gasteiger charge is 2.53. The number of aliphatic hydroxyl groups excluding tert-OH is 3. The van der Waals surface area contributed by atoms with Crippen LogP contribution in [-0.2, 0) is 0 Å². The molecule has 0 amide bonds. The van der Waals surface area contributed by atoms with Crippen LogP contribution >= 0.6 is 0 Å². The summed E-state index contributed by atoms with van der Waals surface area (Å²) in [5, 5.41) is 28.4. The molecule has 1 fully saturated rings. The van der Waals surface area contributed by atoms with E-state index in [1.165, 1.54) is 24.8 Å². The molecule has 2 aliphatic rings. The Hall–Kier alpha value is -0.640. The molecule has 2 rings (SSSR count). The average Bonchev–Trinajstić information content (AvgIpc) is 2.55. The summed E-state index contributed by atoms with van der Waals surface area (Å²) in [5.74, 6) is 1.23. The van der Waals surface area contributed by atoms with E-state index in [2.05, 4.69) is 26.8 Å². The van der Waals surface area contributed by atoms with Gasteiger partial charge < -0.3 is 15.3 Å². The lowest BCUT2D eigenvalue weighted by Gasteiger charge is -2.58. The third-order valence-corrected chi connectivity index (χ3v) is 7.11. The topological polar surface area (TPSA) is 60.7 Å². The largest absolute Gasteiger partial charge is 0.392 e. The standard InChI is InChI=1S/C20H34O3/c1-15-7-10-20(3)17(14-23)5-4-6-18(20)19(15,2)11-8-16(13-22)9-12-21/h5,9,15,18,21-23H,4,6-8,10-14H2,1-3H3. The first-order valence-corrected chi connectivity index (χ1v) is 9.12. The van der Waals surface area contributed by atoms with Crippen LogP contribution in [0, 0.1) is 22.7 Å². The number of aliphatic hydroxyl groups is 3. The van der Waals surface area contributed by atoms with Crippen molar-refractivity contribution in [1.29, 1.82) is 0 Å². The van der Waals surface area contributed by atoms with Gasteiger partial charge in [-0.25, -0.2) is 0 Å². The van der Waals surface area contributed by atoms with Gasteiger partial charge in [-0.1, -0.05) is 32.9 Å². The molecule has 0 saturated heterocycles. The Morgan fingerprint density at radius 2 is 2.00 bits per heavy atom. The lowest BCUT2D eigenvalue weighted by atomic mass is 9.47. The first kappa shape index (κ1) is 18.7. The number of hydrogen-bond acceptors (Lipinski definition) is 3. The van der Waals surface area contributed by atoms with Crippen LogP contribution in [-0.4, -0.2) is 35.1 Å². The lowest BCUT2D eigenvalue weighted by molar-refractivity contribution is -0.0509. The summed E-state index contributed by atoms with van der Waals surface area (Å²) >= 11 is 0. The van der Waals surface area contributed by atoms with Gasteiger partial charge in [-0.3, -0.25) is 0 Å². The number of allylic oxidation sites excluding steroid dienone is 1. The van der Waals surface area contributed by atoms with E-state index in [0.717, 1.165) is 24.8 Å². The van der Waals surface area contributed by atoms with Gasteiger partial charge in [0.2, 0.25) is 0 Å². The molecule has 0 spiro atoms. The molecule has 0 heterocycles. The highest BCUT2D eigenvalue weighted by Crippen LogP contribution is 2.61. The van der Waals surface area contributed by atoms with Crippen LogP contribution in [0.2, 0.25) is 0 Å². The predicted molar refractivity (Wildman–Crippen MR) is 94.0 cm³/mol. The van der Waals surface area contributed by atoms with Crippen LogP contribution in [0.25, 0.3) is 0 Å². The monoisotopic (exact) mass is 322 g/mol. The minimum Gasteiger partial charge on any atom is -0.392 e. The van der Waals surface area contributed by atoms with Gasteiger partial charge in [0.25, 0.3) is 0 Å². The predicted octanol–water partition coefficient (Wildman–Crippen LogP) is 3.45. The molecule has 2 aliphatic carbocycles. The van der Waals surface area contributed by atoms with Gasteiger partial charge in [-0.2, -0.15) is 0 Å². The minimum absolute atomic E-state index is 0.000698. The molecule has 23 heavy (non-hydrogen) atoms. The molecule has 3 N–H and O–H groups in total. The van der Waals surface area contributed by atoms with Crippen LogP contribution in [0.3, 0.4) is 0 Å². The zero-order valence-corrected chi connectivity index (χ0v) is 15.0. The summed E-state index contributed by atoms with van der Waals surface area (Å²) in [6, 6.07) is 0. The van der Waals surface area contributed by atoms with E-state index in [1.54, 1.807) is 6.08 Å². The van der Waals surface area contributed by atoms with E-state index in [9.17, 15) is 10.2 Å². The molecule has 1 saturated carbocycles. The fraction of sp³-hybridized carbons (Fsp3) is 0.800. The number of hydrogen-bond donors (Lipinski definition) is 3. The maximum atomic E-state index is 9.82. The Labute approximate surface area is 141 Å². The van der Waals surface area contributed by atoms with Crippen molar-refractivity contribution in [3.8, 4) is 0 Å². The van der Waals surface area contributed by atoms with E-state index in [0.29, 0.717) is 11.8 Å². The molecule has 4 atom stereocenters. The van der Waals surface area contributed by atoms with Gasteiger partial charge >= 0.3 is 0 Å². The van der Waals surface area contributed by atoms with E-state index in [-0.39, 0.29) is 30.7 Å². The molecular formula is C20H34O3. The Bertz CT molecular complexity index is 468. The first-order chi connectivity index (χ1) is 10.9. The number of fused-ring (bicyclic) bond motifs is 1. The van der Waals surface area contributed by atoms with Crippen molar-refractivity contribution in [2.75, 3.05) is 19.8 Å². The summed E-state index contributed by atoms with van der Waals surface area (Å²) in [6.45, 7) is 7.34. The molecule has 132 valence electrons. The molecule has 0 aromatic rings. The van der Waals surface area contributed by atoms with Crippen LogP contribution in [0.15, 0.2) is 23.3 Å². The molecule has 0 radical (unpaired) electrons. The van der Waals surface area contributed by atoms with Crippen LogP contribution in [0.1, 0.15) is 59.3 Å². The summed E-state index contributed by atoms with van der Waals surface area (Å²) in [7, 11) is 0. The van der Waals surface area contributed by atoms with Crippen molar-refractivity contribution in [3.05, 3.63) is 23.3 Å². The quantitative estimate of drug-likeness (QED) is 0.656. The van der Waals surface area contributed by atoms with Crippen LogP contribution in [0.4, 0.5) is 0 Å². The van der Waals surface area contributed by atoms with E-state index in [1.807, 2.05) is 0 Å². The highest BCUT2D eigenvalue weighted by atomic mass is 16.3. The molecule has 3 nitrogen and oxygen atoms in total. The van der Waals surface area contributed by atoms with Gasteiger partial charge in [0.15, 0.2) is 0 Å². The molecule has 0 aliphatic heterocycles. The fourth-order valence-electron chi connectivity index (χ4n) is 5.25. The molecule has 0 aromatic carbocycles. The van der Waals surface area contributed by atoms with Crippen LogP contribution < -0.4 is 0 Å². The maximum absolute atomic E-state index is 9.82. The van der Waals surface area contributed by atoms with E-state index >= 15 is 0 Å². The van der Waals surface area contributed by atoms with Gasteiger partial charge in [0.05, 0.1) is 19.8 Å². The Balaban J connectivity index is 2.24. The molecular weight excluding hydrogens is 288 g/mol. The Kier molecular flexibility index (Phi) is 6.10. The van der Waals surface area contributed by atoms with Crippen molar-refractivity contribution >= 4 is 0 Å². The smallest absolute Gasteiger partial charge is 0.0647 e. The second kappa shape index (κ2) is 7.50. The van der Waals surface area contributed by atoms with Crippen molar-refractivity contribution in [2.45, 2.75) is 59.3 Å². The van der Waals surface area contributed by atoms with Gasteiger partial charge in [0, 0.05) is 0 Å². The summed E-state index contributed by atoms with van der Waals surface area (Å²) in [4.78, 5) is 0. The van der Waals surface area contributed by atoms with Gasteiger partial charge in [-0.05, 0) is 72.3 Å². The van der Waals surface area contributed by atoms with Gasteiger partial charge in [0.1, 0.15) is 0 Å². The van der Waals surface area contributed by atoms with Crippen molar-refractivity contribution in [2.24, 2.45) is 22.7 Å². The summed E-state index contributed by atoms with van der Waals surface area (Å²) < 4.78 is 0. The Morgan fingerprint density at radius 3 is 2.61 bits per heavy atom. The third kappa shape index (κ3) is 3.42. The Morgan fingerprint density at radius 1 is 1.26 bits per heavy atom. The molecule has 4 unspecified atom stereocenters. The van der Waals surface area contributed by atoms with E-state index < -0.39 is 0 Å². The first-order valence-electron chi connectivity index (χ1n) is 9.12.